The van der Waals surface area contributed by atoms with Crippen LogP contribution in [0.25, 0.3) is 0 Å². The van der Waals surface area contributed by atoms with E-state index in [1.54, 1.807) is 36.5 Å². The molecule has 2 rings (SSSR count). The van der Waals surface area contributed by atoms with Gasteiger partial charge in [-0.25, -0.2) is 9.97 Å². The molecule has 0 saturated heterocycles. The number of pyridine rings is 2. The first kappa shape index (κ1) is 12.2. The number of anilines is 1. The summed E-state index contributed by atoms with van der Waals surface area (Å²) in [4.78, 5) is 19.9. The average Bonchev–Trinajstić information content (AvgIpc) is 2.32. The van der Waals surface area contributed by atoms with E-state index >= 15 is 0 Å². The highest BCUT2D eigenvalue weighted by Gasteiger charge is 2.07. The monoisotopic (exact) mass is 355 g/mol. The zero-order valence-corrected chi connectivity index (χ0v) is 11.7. The molecule has 0 aliphatic carbocycles. The largest absolute Gasteiger partial charge is 0.319 e. The van der Waals surface area contributed by atoms with Crippen molar-refractivity contribution in [2.24, 2.45) is 0 Å². The predicted octanol–water partition coefficient (Wildman–Crippen LogP) is 3.25. The number of aromatic nitrogens is 2. The maximum atomic E-state index is 11.8. The van der Waals surface area contributed by atoms with Gasteiger partial charge in [-0.3, -0.25) is 4.79 Å². The van der Waals surface area contributed by atoms with Crippen LogP contribution in [0.4, 0.5) is 5.69 Å². The van der Waals surface area contributed by atoms with Crippen LogP contribution in [0.15, 0.2) is 45.7 Å². The number of carbonyl (C=O) groups is 1. The molecule has 0 saturated carbocycles. The number of carbonyl (C=O) groups excluding carboxylic acids is 1. The molecule has 0 bridgehead atoms. The summed E-state index contributed by atoms with van der Waals surface area (Å²) in [5.74, 6) is -0.268. The molecule has 0 unspecified atom stereocenters. The van der Waals surface area contributed by atoms with Crippen LogP contribution in [0.2, 0.25) is 0 Å². The topological polar surface area (TPSA) is 54.9 Å². The van der Waals surface area contributed by atoms with Crippen molar-refractivity contribution in [1.82, 2.24) is 9.97 Å². The number of nitrogens with one attached hydrogen (secondary N) is 1. The van der Waals surface area contributed by atoms with E-state index in [2.05, 4.69) is 47.1 Å². The summed E-state index contributed by atoms with van der Waals surface area (Å²) < 4.78 is 1.34. The highest BCUT2D eigenvalue weighted by Crippen LogP contribution is 2.12. The lowest BCUT2D eigenvalue weighted by molar-refractivity contribution is 0.102. The van der Waals surface area contributed by atoms with Crippen LogP contribution in [-0.4, -0.2) is 15.9 Å². The van der Waals surface area contributed by atoms with Gasteiger partial charge in [0.15, 0.2) is 0 Å². The molecule has 0 radical (unpaired) electrons. The number of amides is 1. The van der Waals surface area contributed by atoms with E-state index in [0.29, 0.717) is 16.0 Å². The Balaban J connectivity index is 2.14. The minimum atomic E-state index is -0.268. The first-order valence-electron chi connectivity index (χ1n) is 4.70. The first-order chi connectivity index (χ1) is 8.15. The zero-order chi connectivity index (χ0) is 12.3. The fourth-order valence-corrected chi connectivity index (χ4v) is 1.76. The molecule has 6 heteroatoms. The molecular weight excluding hydrogens is 350 g/mol. The third-order valence-electron chi connectivity index (χ3n) is 1.93. The Kier molecular flexibility index (Phi) is 3.86. The van der Waals surface area contributed by atoms with Crippen LogP contribution in [0, 0.1) is 0 Å². The molecule has 2 aromatic heterocycles. The van der Waals surface area contributed by atoms with E-state index < -0.39 is 0 Å². The van der Waals surface area contributed by atoms with Gasteiger partial charge in [-0.2, -0.15) is 0 Å². The highest BCUT2D eigenvalue weighted by atomic mass is 79.9. The van der Waals surface area contributed by atoms with Gasteiger partial charge in [-0.05, 0) is 56.1 Å². The van der Waals surface area contributed by atoms with Gasteiger partial charge in [0.05, 0.1) is 11.9 Å². The first-order valence-corrected chi connectivity index (χ1v) is 6.29. The van der Waals surface area contributed by atoms with Gasteiger partial charge < -0.3 is 5.32 Å². The lowest BCUT2D eigenvalue weighted by atomic mass is 10.3. The number of nitrogens with zero attached hydrogens (tertiary/aromatic N) is 2. The fraction of sp³-hybridized carbons (Fsp3) is 0. The van der Waals surface area contributed by atoms with Crippen molar-refractivity contribution in [2.45, 2.75) is 0 Å². The van der Waals surface area contributed by atoms with Crippen molar-refractivity contribution in [2.75, 3.05) is 5.32 Å². The number of hydrogen-bond acceptors (Lipinski definition) is 3. The van der Waals surface area contributed by atoms with E-state index in [0.717, 1.165) is 4.60 Å². The molecule has 0 aliphatic heterocycles. The SMILES string of the molecule is O=C(Nc1ccc(Br)nc1)c1cccc(Br)n1. The standard InChI is InChI=1S/C11H7Br2N3O/c12-9-5-4-7(6-14-9)15-11(17)8-2-1-3-10(13)16-8/h1-6H,(H,15,17). The van der Waals surface area contributed by atoms with E-state index in [4.69, 9.17) is 0 Å². The maximum Gasteiger partial charge on any atom is 0.274 e. The second kappa shape index (κ2) is 5.37. The van der Waals surface area contributed by atoms with Gasteiger partial charge in [0.2, 0.25) is 0 Å². The summed E-state index contributed by atoms with van der Waals surface area (Å²) in [6.07, 6.45) is 1.57. The molecule has 2 heterocycles. The quantitative estimate of drug-likeness (QED) is 0.840. The van der Waals surface area contributed by atoms with Crippen molar-refractivity contribution in [3.05, 3.63) is 51.4 Å². The smallest absolute Gasteiger partial charge is 0.274 e. The summed E-state index contributed by atoms with van der Waals surface area (Å²) in [6, 6.07) is 8.67. The lowest BCUT2D eigenvalue weighted by Gasteiger charge is -2.04. The molecule has 2 aromatic rings. The molecule has 0 aliphatic rings. The summed E-state index contributed by atoms with van der Waals surface area (Å²) in [5, 5.41) is 2.71. The zero-order valence-electron chi connectivity index (χ0n) is 8.52. The number of rotatable bonds is 2. The molecule has 17 heavy (non-hydrogen) atoms. The van der Waals surface area contributed by atoms with Crippen LogP contribution >= 0.6 is 31.9 Å². The predicted molar refractivity (Wildman–Crippen MR) is 71.8 cm³/mol. The maximum absolute atomic E-state index is 11.8. The van der Waals surface area contributed by atoms with Crippen molar-refractivity contribution >= 4 is 43.5 Å². The minimum Gasteiger partial charge on any atom is -0.319 e. The Morgan fingerprint density at radius 3 is 2.59 bits per heavy atom. The molecule has 1 amide bonds. The van der Waals surface area contributed by atoms with E-state index in [-0.39, 0.29) is 5.91 Å². The summed E-state index contributed by atoms with van der Waals surface area (Å²) in [6.45, 7) is 0. The van der Waals surface area contributed by atoms with E-state index in [1.165, 1.54) is 0 Å². The van der Waals surface area contributed by atoms with Gasteiger partial charge in [-0.1, -0.05) is 6.07 Å². The van der Waals surface area contributed by atoms with Crippen LogP contribution in [-0.2, 0) is 0 Å². The second-order valence-corrected chi connectivity index (χ2v) is 4.79. The van der Waals surface area contributed by atoms with E-state index in [1.807, 2.05) is 0 Å². The molecule has 4 nitrogen and oxygen atoms in total. The number of halogens is 2. The van der Waals surface area contributed by atoms with Crippen LogP contribution in [0.3, 0.4) is 0 Å². The van der Waals surface area contributed by atoms with Crippen molar-refractivity contribution in [3.8, 4) is 0 Å². The number of hydrogen-bond donors (Lipinski definition) is 1. The van der Waals surface area contributed by atoms with Crippen molar-refractivity contribution in [3.63, 3.8) is 0 Å². The molecule has 0 aromatic carbocycles. The van der Waals surface area contributed by atoms with E-state index in [9.17, 15) is 4.79 Å². The lowest BCUT2D eigenvalue weighted by Crippen LogP contribution is -2.13. The summed E-state index contributed by atoms with van der Waals surface area (Å²) >= 11 is 6.44. The normalized spacial score (nSPS) is 10.0. The Morgan fingerprint density at radius 1 is 1.12 bits per heavy atom. The third-order valence-corrected chi connectivity index (χ3v) is 2.84. The van der Waals surface area contributed by atoms with Gasteiger partial charge in [0.25, 0.3) is 5.91 Å². The minimum absolute atomic E-state index is 0.268. The average molecular weight is 357 g/mol. The summed E-state index contributed by atoms with van der Waals surface area (Å²) in [7, 11) is 0. The van der Waals surface area contributed by atoms with Crippen molar-refractivity contribution in [1.29, 1.82) is 0 Å². The molecule has 0 spiro atoms. The third kappa shape index (κ3) is 3.34. The Bertz CT molecular complexity index is 543. The molecule has 0 fully saturated rings. The van der Waals surface area contributed by atoms with Crippen LogP contribution in [0.5, 0.6) is 0 Å². The van der Waals surface area contributed by atoms with Gasteiger partial charge in [-0.15, -0.1) is 0 Å². The Hall–Kier alpha value is -1.27. The summed E-state index contributed by atoms with van der Waals surface area (Å²) in [5.41, 5.74) is 0.974. The van der Waals surface area contributed by atoms with Gasteiger partial charge >= 0.3 is 0 Å². The molecule has 86 valence electrons. The second-order valence-electron chi connectivity index (χ2n) is 3.17. The van der Waals surface area contributed by atoms with Gasteiger partial charge in [0.1, 0.15) is 14.9 Å². The highest BCUT2D eigenvalue weighted by molar-refractivity contribution is 9.10. The van der Waals surface area contributed by atoms with Crippen LogP contribution < -0.4 is 5.32 Å². The Morgan fingerprint density at radius 2 is 1.94 bits per heavy atom. The van der Waals surface area contributed by atoms with Crippen molar-refractivity contribution < 1.29 is 4.79 Å². The van der Waals surface area contributed by atoms with Crippen LogP contribution in [0.1, 0.15) is 10.5 Å². The molecule has 0 atom stereocenters. The fourth-order valence-electron chi connectivity index (χ4n) is 1.18. The van der Waals surface area contributed by atoms with Gasteiger partial charge in [0, 0.05) is 0 Å². The molecule has 1 N–H and O–H groups in total. The molecular formula is C11H7Br2N3O. The Labute approximate surface area is 115 Å².